The van der Waals surface area contributed by atoms with Gasteiger partial charge in [0.25, 0.3) is 5.91 Å². The van der Waals surface area contributed by atoms with Crippen LogP contribution in [-0.4, -0.2) is 70.5 Å². The molecule has 0 spiro atoms. The van der Waals surface area contributed by atoms with Gasteiger partial charge in [-0.3, -0.25) is 4.79 Å². The molecule has 12 heteroatoms. The lowest BCUT2D eigenvalue weighted by atomic mass is 10.2. The summed E-state index contributed by atoms with van der Waals surface area (Å²) in [5.74, 6) is -1.95. The van der Waals surface area contributed by atoms with Crippen molar-refractivity contribution in [3.8, 4) is 11.6 Å². The molecule has 1 aliphatic heterocycles. The molecule has 3 N–H and O–H groups in total. The van der Waals surface area contributed by atoms with Gasteiger partial charge in [-0.15, -0.1) is 0 Å². The van der Waals surface area contributed by atoms with Crippen molar-refractivity contribution in [1.82, 2.24) is 30.2 Å². The number of pyridine rings is 1. The van der Waals surface area contributed by atoms with Gasteiger partial charge >= 0.3 is 0 Å². The number of ether oxygens (including phenoxy) is 1. The van der Waals surface area contributed by atoms with Crippen LogP contribution in [0.4, 0.5) is 26.1 Å². The van der Waals surface area contributed by atoms with E-state index in [-0.39, 0.29) is 28.2 Å². The Kier molecular flexibility index (Phi) is 9.66. The predicted molar refractivity (Wildman–Crippen MR) is 156 cm³/mol. The molecule has 10 nitrogen and oxygen atoms in total. The molecule has 3 aromatic heterocycles. The molecule has 218 valence electrons. The fraction of sp³-hybridized carbons (Fsp3) is 0.379. The number of benzene rings is 1. The fourth-order valence-electron chi connectivity index (χ4n) is 4.27. The highest BCUT2D eigenvalue weighted by atomic mass is 19.1. The van der Waals surface area contributed by atoms with E-state index in [1.807, 2.05) is 13.0 Å². The second-order valence-corrected chi connectivity index (χ2v) is 9.71. The number of carbonyl (C=O) groups is 1. The molecule has 0 radical (unpaired) electrons. The molecule has 0 bridgehead atoms. The van der Waals surface area contributed by atoms with Gasteiger partial charge in [-0.2, -0.15) is 0 Å². The van der Waals surface area contributed by atoms with E-state index in [9.17, 15) is 9.18 Å². The number of carbonyl (C=O) groups excluding carboxylic acids is 1. The Balaban J connectivity index is 0.00000124. The van der Waals surface area contributed by atoms with Gasteiger partial charge in [-0.05, 0) is 32.0 Å². The van der Waals surface area contributed by atoms with Gasteiger partial charge in [-0.25, -0.2) is 23.7 Å². The maximum atomic E-state index is 15.3. The number of aromatic amines is 1. The Hall–Kier alpha value is -4.32. The Bertz CT molecular complexity index is 1490. The number of aryl methyl sites for hydroxylation is 1. The van der Waals surface area contributed by atoms with Gasteiger partial charge in [0.05, 0.1) is 17.4 Å². The van der Waals surface area contributed by atoms with E-state index in [0.29, 0.717) is 18.1 Å². The van der Waals surface area contributed by atoms with E-state index in [1.54, 1.807) is 26.2 Å². The molecule has 0 unspecified atom stereocenters. The number of rotatable bonds is 7. The molecule has 1 fully saturated rings. The van der Waals surface area contributed by atoms with Crippen molar-refractivity contribution < 1.29 is 18.3 Å². The second-order valence-electron chi connectivity index (χ2n) is 9.71. The number of aromatic nitrogens is 4. The molecule has 4 aromatic rings. The number of H-pyrrole nitrogens is 1. The summed E-state index contributed by atoms with van der Waals surface area (Å²) in [5, 5.41) is 6.41. The Morgan fingerprint density at radius 3 is 2.51 bits per heavy atom. The van der Waals surface area contributed by atoms with Crippen LogP contribution in [0.1, 0.15) is 43.2 Å². The van der Waals surface area contributed by atoms with Crippen molar-refractivity contribution in [2.45, 2.75) is 34.1 Å². The van der Waals surface area contributed by atoms with E-state index in [0.717, 1.165) is 37.9 Å². The molecule has 5 rings (SSSR count). The number of fused-ring (bicyclic) bond motifs is 1. The molecule has 41 heavy (non-hydrogen) atoms. The summed E-state index contributed by atoms with van der Waals surface area (Å²) < 4.78 is 35.7. The van der Waals surface area contributed by atoms with Crippen molar-refractivity contribution in [2.24, 2.45) is 0 Å². The zero-order chi connectivity index (χ0) is 29.5. The number of nitrogens with zero attached hydrogens (tertiary/aromatic N) is 5. The van der Waals surface area contributed by atoms with Crippen molar-refractivity contribution in [1.29, 1.82) is 0 Å². The average Bonchev–Trinajstić information content (AvgIpc) is 3.39. The quantitative estimate of drug-likeness (QED) is 0.273. The molecule has 0 saturated carbocycles. The third kappa shape index (κ3) is 6.71. The molecule has 1 saturated heterocycles. The van der Waals surface area contributed by atoms with Crippen LogP contribution in [0.3, 0.4) is 0 Å². The highest BCUT2D eigenvalue weighted by Crippen LogP contribution is 2.35. The Morgan fingerprint density at radius 1 is 1.12 bits per heavy atom. The number of nitrogens with one attached hydrogen (secondary N) is 3. The SMILES string of the molecule is CCC.CCN(C)C(=O)c1c(Nc2ccc(N3CCNCC3)cn2)ncnc1Oc1cc(F)c2[nH]c(C)cc2c1F. The van der Waals surface area contributed by atoms with Crippen molar-refractivity contribution in [2.75, 3.05) is 50.0 Å². The van der Waals surface area contributed by atoms with Crippen LogP contribution < -0.4 is 20.3 Å². The third-order valence-corrected chi connectivity index (χ3v) is 6.43. The smallest absolute Gasteiger partial charge is 0.262 e. The molecule has 1 aromatic carbocycles. The molecule has 1 aliphatic rings. The minimum absolute atomic E-state index is 0.0324. The molecule has 1 amide bonds. The van der Waals surface area contributed by atoms with Gasteiger partial charge in [0, 0.05) is 56.9 Å². The Labute approximate surface area is 238 Å². The number of hydrogen-bond donors (Lipinski definition) is 3. The first-order valence-electron chi connectivity index (χ1n) is 13.7. The first-order chi connectivity index (χ1) is 19.8. The minimum atomic E-state index is -0.772. The van der Waals surface area contributed by atoms with E-state index < -0.39 is 23.3 Å². The summed E-state index contributed by atoms with van der Waals surface area (Å²) in [7, 11) is 1.61. The summed E-state index contributed by atoms with van der Waals surface area (Å²) in [6, 6.07) is 6.14. The maximum Gasteiger partial charge on any atom is 0.262 e. The Morgan fingerprint density at radius 2 is 1.85 bits per heavy atom. The number of hydrogen-bond acceptors (Lipinski definition) is 8. The van der Waals surface area contributed by atoms with Crippen LogP contribution in [-0.2, 0) is 0 Å². The van der Waals surface area contributed by atoms with Gasteiger partial charge in [0.2, 0.25) is 5.88 Å². The zero-order valence-electron chi connectivity index (χ0n) is 24.0. The van der Waals surface area contributed by atoms with Gasteiger partial charge in [-0.1, -0.05) is 20.3 Å². The lowest BCUT2D eigenvalue weighted by Crippen LogP contribution is -2.43. The maximum absolute atomic E-state index is 15.3. The summed E-state index contributed by atoms with van der Waals surface area (Å²) in [4.78, 5) is 32.6. The molecule has 4 heterocycles. The lowest BCUT2D eigenvalue weighted by Gasteiger charge is -2.29. The van der Waals surface area contributed by atoms with Crippen LogP contribution in [0, 0.1) is 18.6 Å². The number of halogens is 2. The minimum Gasteiger partial charge on any atom is -0.435 e. The predicted octanol–water partition coefficient (Wildman–Crippen LogP) is 5.39. The molecule has 0 aliphatic carbocycles. The van der Waals surface area contributed by atoms with E-state index in [2.05, 4.69) is 49.3 Å². The normalized spacial score (nSPS) is 13.0. The highest BCUT2D eigenvalue weighted by molar-refractivity contribution is 6.01. The fourth-order valence-corrected chi connectivity index (χ4v) is 4.27. The summed E-state index contributed by atoms with van der Waals surface area (Å²) >= 11 is 0. The van der Waals surface area contributed by atoms with Crippen LogP contribution in [0.5, 0.6) is 11.6 Å². The summed E-state index contributed by atoms with van der Waals surface area (Å²) in [6.45, 7) is 11.7. The second kappa shape index (κ2) is 13.4. The van der Waals surface area contributed by atoms with Crippen LogP contribution in [0.15, 0.2) is 36.8 Å². The van der Waals surface area contributed by atoms with E-state index >= 15 is 4.39 Å². The van der Waals surface area contributed by atoms with E-state index in [4.69, 9.17) is 4.74 Å². The lowest BCUT2D eigenvalue weighted by molar-refractivity contribution is 0.0799. The monoisotopic (exact) mass is 566 g/mol. The summed E-state index contributed by atoms with van der Waals surface area (Å²) in [5.41, 5.74) is 1.59. The highest BCUT2D eigenvalue weighted by Gasteiger charge is 2.26. The van der Waals surface area contributed by atoms with Crippen molar-refractivity contribution >= 4 is 34.1 Å². The molecular weight excluding hydrogens is 530 g/mol. The average molecular weight is 567 g/mol. The number of piperazine rings is 1. The summed E-state index contributed by atoms with van der Waals surface area (Å²) in [6.07, 6.45) is 4.18. The van der Waals surface area contributed by atoms with Crippen molar-refractivity contribution in [3.05, 3.63) is 59.7 Å². The zero-order valence-corrected chi connectivity index (χ0v) is 24.0. The number of amides is 1. The van der Waals surface area contributed by atoms with Crippen LogP contribution in [0.25, 0.3) is 10.9 Å². The first-order valence-corrected chi connectivity index (χ1v) is 13.7. The number of anilines is 3. The first kappa shape index (κ1) is 29.7. The topological polar surface area (TPSA) is 111 Å². The van der Waals surface area contributed by atoms with Crippen LogP contribution in [0.2, 0.25) is 0 Å². The van der Waals surface area contributed by atoms with Gasteiger partial charge in [0.15, 0.2) is 23.2 Å². The van der Waals surface area contributed by atoms with Gasteiger partial charge < -0.3 is 30.2 Å². The third-order valence-electron chi connectivity index (χ3n) is 6.43. The largest absolute Gasteiger partial charge is 0.435 e. The van der Waals surface area contributed by atoms with Crippen LogP contribution >= 0.6 is 0 Å². The van der Waals surface area contributed by atoms with Crippen molar-refractivity contribution in [3.63, 3.8) is 0 Å². The molecular formula is C29H36F2N8O2. The standard InChI is InChI=1S/C26H28F2N8O2.C3H8/c1-4-35(3)26(37)21-24(34-20-6-5-16(13-30-20)36-9-7-29-8-10-36)31-14-32-25(21)38-19-12-18(27)23-17(22(19)28)11-15(2)33-23;1-3-2/h5-6,11-14,29,33H,4,7-10H2,1-3H3,(H,30,31,32,34);3H2,1-2H3. The molecule has 0 atom stereocenters. The van der Waals surface area contributed by atoms with Gasteiger partial charge in [0.1, 0.15) is 17.7 Å². The van der Waals surface area contributed by atoms with E-state index in [1.165, 1.54) is 23.7 Å².